The molecule has 22 heavy (non-hydrogen) atoms. The van der Waals surface area contributed by atoms with Crippen molar-refractivity contribution in [3.8, 4) is 5.75 Å². The second kappa shape index (κ2) is 8.67. The van der Waals surface area contributed by atoms with Crippen LogP contribution < -0.4 is 4.74 Å². The molecule has 0 aromatic heterocycles. The highest BCUT2D eigenvalue weighted by Crippen LogP contribution is 2.26. The van der Waals surface area contributed by atoms with Crippen molar-refractivity contribution < 1.29 is 19.0 Å². The topological polar surface area (TPSA) is 47.9 Å². The van der Waals surface area contributed by atoms with E-state index in [9.17, 15) is 5.11 Å². The van der Waals surface area contributed by atoms with E-state index in [0.717, 1.165) is 11.3 Å². The fourth-order valence-electron chi connectivity index (χ4n) is 2.27. The number of aliphatic hydroxyl groups excluding tert-OH is 1. The van der Waals surface area contributed by atoms with Crippen LogP contribution in [0, 0.1) is 5.41 Å². The molecule has 0 aliphatic carbocycles. The summed E-state index contributed by atoms with van der Waals surface area (Å²) in [6.45, 7) is 11.2. The highest BCUT2D eigenvalue weighted by molar-refractivity contribution is 6.48. The highest BCUT2D eigenvalue weighted by atomic mass is 28.3. The summed E-state index contributed by atoms with van der Waals surface area (Å²) in [4.78, 5) is 0. The first-order valence-corrected chi connectivity index (χ1v) is 10.6. The molecule has 1 N–H and O–H groups in total. The van der Waals surface area contributed by atoms with Gasteiger partial charge in [-0.3, -0.25) is 0 Å². The molecule has 1 aromatic rings. The summed E-state index contributed by atoms with van der Waals surface area (Å²) < 4.78 is 16.8. The number of hydrogen-bond donors (Lipinski definition) is 1. The third-order valence-electron chi connectivity index (χ3n) is 3.34. The van der Waals surface area contributed by atoms with E-state index in [4.69, 9.17) is 13.9 Å². The average molecular weight is 327 g/mol. The van der Waals surface area contributed by atoms with Crippen LogP contribution in [0.25, 0.3) is 0 Å². The van der Waals surface area contributed by atoms with Gasteiger partial charge in [-0.1, -0.05) is 32.9 Å². The summed E-state index contributed by atoms with van der Waals surface area (Å²) in [5, 5.41) is 10.4. The van der Waals surface area contributed by atoms with Gasteiger partial charge < -0.3 is 19.0 Å². The van der Waals surface area contributed by atoms with Crippen molar-refractivity contribution in [3.05, 3.63) is 29.8 Å². The minimum atomic E-state index is -1.22. The molecule has 0 fully saturated rings. The van der Waals surface area contributed by atoms with Crippen LogP contribution in [-0.2, 0) is 15.8 Å². The van der Waals surface area contributed by atoms with Crippen LogP contribution in [-0.4, -0.2) is 40.1 Å². The largest absolute Gasteiger partial charge is 0.497 e. The molecule has 0 aliphatic heterocycles. The molecule has 0 saturated carbocycles. The van der Waals surface area contributed by atoms with E-state index in [0.29, 0.717) is 6.61 Å². The van der Waals surface area contributed by atoms with E-state index >= 15 is 0 Å². The molecule has 0 saturated heterocycles. The predicted molar refractivity (Wildman–Crippen MR) is 91.9 cm³/mol. The van der Waals surface area contributed by atoms with E-state index in [2.05, 4.69) is 33.9 Å². The van der Waals surface area contributed by atoms with Gasteiger partial charge in [-0.05, 0) is 36.2 Å². The van der Waals surface area contributed by atoms with Crippen molar-refractivity contribution in [3.63, 3.8) is 0 Å². The fourth-order valence-corrected chi connectivity index (χ4v) is 3.45. The van der Waals surface area contributed by atoms with Crippen molar-refractivity contribution in [1.82, 2.24) is 0 Å². The highest BCUT2D eigenvalue weighted by Gasteiger charge is 2.32. The zero-order valence-corrected chi connectivity index (χ0v) is 15.8. The van der Waals surface area contributed by atoms with Crippen molar-refractivity contribution in [1.29, 1.82) is 0 Å². The Morgan fingerprint density at radius 2 is 1.73 bits per heavy atom. The van der Waals surface area contributed by atoms with Gasteiger partial charge in [0.25, 0.3) is 0 Å². The summed E-state index contributed by atoms with van der Waals surface area (Å²) >= 11 is 0. The summed E-state index contributed by atoms with van der Waals surface area (Å²) in [5.74, 6) is 0.826. The molecule has 0 aliphatic rings. The van der Waals surface area contributed by atoms with E-state index in [1.165, 1.54) is 0 Å². The first kappa shape index (κ1) is 19.2. The SMILES string of the molecule is COc1ccc(COCC(O)C(O[SiH](C)C)C(C)(C)C)cc1. The number of hydrogen-bond acceptors (Lipinski definition) is 4. The normalized spacial score (nSPS) is 14.9. The van der Waals surface area contributed by atoms with E-state index in [1.807, 2.05) is 24.3 Å². The molecule has 0 bridgehead atoms. The second-order valence-electron chi connectivity index (χ2n) is 6.90. The van der Waals surface area contributed by atoms with Gasteiger partial charge in [0.1, 0.15) is 11.9 Å². The Labute approximate surface area is 136 Å². The van der Waals surface area contributed by atoms with Gasteiger partial charge in [0.2, 0.25) is 0 Å². The Bertz CT molecular complexity index is 425. The van der Waals surface area contributed by atoms with Crippen molar-refractivity contribution >= 4 is 9.04 Å². The van der Waals surface area contributed by atoms with Crippen LogP contribution in [0.1, 0.15) is 26.3 Å². The Hall–Kier alpha value is -0.883. The number of benzene rings is 1. The lowest BCUT2D eigenvalue weighted by Gasteiger charge is -2.36. The summed E-state index contributed by atoms with van der Waals surface area (Å²) in [7, 11) is 0.429. The first-order chi connectivity index (χ1) is 10.2. The van der Waals surface area contributed by atoms with Crippen LogP contribution >= 0.6 is 0 Å². The van der Waals surface area contributed by atoms with Gasteiger partial charge in [0.15, 0.2) is 9.04 Å². The quantitative estimate of drug-likeness (QED) is 0.746. The maximum atomic E-state index is 10.4. The minimum absolute atomic E-state index is 0.111. The molecule has 1 aromatic carbocycles. The molecule has 0 spiro atoms. The summed E-state index contributed by atoms with van der Waals surface area (Å²) in [6.07, 6.45) is -0.816. The zero-order valence-electron chi connectivity index (χ0n) is 14.6. The van der Waals surface area contributed by atoms with Crippen molar-refractivity contribution in [2.24, 2.45) is 5.41 Å². The fraction of sp³-hybridized carbons (Fsp3) is 0.647. The minimum Gasteiger partial charge on any atom is -0.497 e. The van der Waals surface area contributed by atoms with Gasteiger partial charge in [-0.15, -0.1) is 0 Å². The molecule has 5 heteroatoms. The maximum absolute atomic E-state index is 10.4. The van der Waals surface area contributed by atoms with E-state index < -0.39 is 15.1 Å². The Morgan fingerprint density at radius 1 is 1.14 bits per heavy atom. The third-order valence-corrected chi connectivity index (χ3v) is 4.18. The molecule has 2 atom stereocenters. The molecule has 0 radical (unpaired) electrons. The number of ether oxygens (including phenoxy) is 2. The third kappa shape index (κ3) is 6.48. The zero-order chi connectivity index (χ0) is 16.8. The van der Waals surface area contributed by atoms with Crippen molar-refractivity contribution in [2.45, 2.75) is 52.7 Å². The molecule has 4 nitrogen and oxygen atoms in total. The maximum Gasteiger partial charge on any atom is 0.171 e. The van der Waals surface area contributed by atoms with Crippen LogP contribution in [0.2, 0.25) is 13.1 Å². The predicted octanol–water partition coefficient (Wildman–Crippen LogP) is 2.99. The smallest absolute Gasteiger partial charge is 0.171 e. The molecule has 1 rings (SSSR count). The molecular formula is C17H30O4Si. The standard InChI is InChI=1S/C17H30O4Si/c1-17(2,3)16(21-22(5)6)15(18)12-20-11-13-7-9-14(19-4)10-8-13/h7-10,15-16,18,22H,11-12H2,1-6H3. The summed E-state index contributed by atoms with van der Waals surface area (Å²) in [5.41, 5.74) is 0.944. The van der Waals surface area contributed by atoms with Gasteiger partial charge in [-0.2, -0.15) is 0 Å². The molecule has 126 valence electrons. The second-order valence-corrected chi connectivity index (χ2v) is 9.27. The van der Waals surface area contributed by atoms with Gasteiger partial charge in [0, 0.05) is 0 Å². The molecule has 0 amide bonds. The Balaban J connectivity index is 2.50. The Morgan fingerprint density at radius 3 is 2.18 bits per heavy atom. The van der Waals surface area contributed by atoms with Crippen molar-refractivity contribution in [2.75, 3.05) is 13.7 Å². The molecule has 2 unspecified atom stereocenters. The lowest BCUT2D eigenvalue weighted by molar-refractivity contribution is -0.0713. The van der Waals surface area contributed by atoms with Crippen LogP contribution in [0.5, 0.6) is 5.75 Å². The average Bonchev–Trinajstić information content (AvgIpc) is 2.44. The van der Waals surface area contributed by atoms with E-state index in [-0.39, 0.29) is 18.1 Å². The Kier molecular flexibility index (Phi) is 7.55. The lowest BCUT2D eigenvalue weighted by atomic mass is 9.86. The van der Waals surface area contributed by atoms with Gasteiger partial charge in [0.05, 0.1) is 26.4 Å². The van der Waals surface area contributed by atoms with Crippen LogP contribution in [0.3, 0.4) is 0 Å². The van der Waals surface area contributed by atoms with Crippen LogP contribution in [0.4, 0.5) is 0 Å². The number of rotatable bonds is 8. The number of methoxy groups -OCH3 is 1. The van der Waals surface area contributed by atoms with E-state index in [1.54, 1.807) is 7.11 Å². The monoisotopic (exact) mass is 326 g/mol. The lowest BCUT2D eigenvalue weighted by Crippen LogP contribution is -2.44. The molecular weight excluding hydrogens is 296 g/mol. The number of aliphatic hydroxyl groups is 1. The van der Waals surface area contributed by atoms with Gasteiger partial charge >= 0.3 is 0 Å². The summed E-state index contributed by atoms with van der Waals surface area (Å²) in [6, 6.07) is 7.73. The van der Waals surface area contributed by atoms with Crippen LogP contribution in [0.15, 0.2) is 24.3 Å². The first-order valence-electron chi connectivity index (χ1n) is 7.78. The molecule has 0 heterocycles. The van der Waals surface area contributed by atoms with Gasteiger partial charge in [-0.25, -0.2) is 0 Å².